The standard InChI is InChI=1S/C32H34F3N5O4S/c1-4-20(2)22-6-7-23(18-37-45(3,43)44)26(16-22)21-8-11-25(12-9-21)40-15-5-14-31(29(40)41)17-28(31)39-30(42)38-24-10-13-27(36-19-24)32(33,34)35/h4,6-13,16,19,28,37H,5,14-15,17-18H2,1-3H3,(H2,38,39,42)/b20-4+. The molecule has 3 amide bonds. The van der Waals surface area contributed by atoms with E-state index in [1.165, 1.54) is 0 Å². The predicted octanol–water partition coefficient (Wildman–Crippen LogP) is 5.95. The van der Waals surface area contributed by atoms with Crippen LogP contribution in [0.5, 0.6) is 0 Å². The predicted molar refractivity (Wildman–Crippen MR) is 167 cm³/mol. The number of amides is 3. The molecular weight excluding hydrogens is 607 g/mol. The van der Waals surface area contributed by atoms with Crippen LogP contribution >= 0.6 is 0 Å². The third-order valence-electron chi connectivity index (χ3n) is 8.38. The summed E-state index contributed by atoms with van der Waals surface area (Å²) in [5, 5.41) is 5.27. The zero-order valence-electron chi connectivity index (χ0n) is 25.0. The summed E-state index contributed by atoms with van der Waals surface area (Å²) in [5.41, 5.74) is 3.67. The fraction of sp³-hybridized carbons (Fsp3) is 0.344. The summed E-state index contributed by atoms with van der Waals surface area (Å²) in [4.78, 5) is 31.3. The van der Waals surface area contributed by atoms with Gasteiger partial charge in [0.15, 0.2) is 0 Å². The van der Waals surface area contributed by atoms with Gasteiger partial charge in [-0.2, -0.15) is 13.2 Å². The molecule has 2 unspecified atom stereocenters. The lowest BCUT2D eigenvalue weighted by Gasteiger charge is -2.33. The van der Waals surface area contributed by atoms with Gasteiger partial charge in [-0.15, -0.1) is 0 Å². The van der Waals surface area contributed by atoms with Crippen molar-refractivity contribution in [1.29, 1.82) is 0 Å². The van der Waals surface area contributed by atoms with Crippen molar-refractivity contribution in [2.24, 2.45) is 5.41 Å². The monoisotopic (exact) mass is 641 g/mol. The summed E-state index contributed by atoms with van der Waals surface area (Å²) < 4.78 is 64.4. The van der Waals surface area contributed by atoms with E-state index in [9.17, 15) is 31.2 Å². The van der Waals surface area contributed by atoms with E-state index < -0.39 is 39.4 Å². The molecule has 1 aromatic heterocycles. The smallest absolute Gasteiger partial charge is 0.334 e. The number of nitrogens with zero attached hydrogens (tertiary/aromatic N) is 2. The van der Waals surface area contributed by atoms with Gasteiger partial charge in [-0.25, -0.2) is 22.9 Å². The Morgan fingerprint density at radius 3 is 2.49 bits per heavy atom. The van der Waals surface area contributed by atoms with E-state index in [1.54, 1.807) is 4.90 Å². The van der Waals surface area contributed by atoms with E-state index in [-0.39, 0.29) is 18.1 Å². The average Bonchev–Trinajstić information content (AvgIpc) is 3.68. The zero-order chi connectivity index (χ0) is 32.6. The molecule has 9 nitrogen and oxygen atoms in total. The lowest BCUT2D eigenvalue weighted by molar-refractivity contribution is -0.141. The maximum Gasteiger partial charge on any atom is 0.433 e. The third-order valence-corrected chi connectivity index (χ3v) is 9.05. The average molecular weight is 642 g/mol. The minimum Gasteiger partial charge on any atom is -0.334 e. The van der Waals surface area contributed by atoms with Crippen LogP contribution in [0.15, 0.2) is 66.9 Å². The number of nitrogens with one attached hydrogen (secondary N) is 3. The van der Waals surface area contributed by atoms with E-state index >= 15 is 0 Å². The van der Waals surface area contributed by atoms with Crippen LogP contribution in [0, 0.1) is 5.41 Å². The number of hydrogen-bond donors (Lipinski definition) is 3. The van der Waals surface area contributed by atoms with E-state index in [4.69, 9.17) is 0 Å². The number of hydrogen-bond acceptors (Lipinski definition) is 5. The fourth-order valence-corrected chi connectivity index (χ4v) is 6.10. The molecule has 0 radical (unpaired) electrons. The second-order valence-corrected chi connectivity index (χ2v) is 13.3. The largest absolute Gasteiger partial charge is 0.433 e. The van der Waals surface area contributed by atoms with E-state index in [0.717, 1.165) is 58.8 Å². The van der Waals surface area contributed by atoms with E-state index in [2.05, 4.69) is 20.3 Å². The number of carbonyl (C=O) groups is 2. The number of allylic oxidation sites excluding steroid dienone is 2. The van der Waals surface area contributed by atoms with Crippen molar-refractivity contribution in [2.45, 2.75) is 51.9 Å². The second kappa shape index (κ2) is 12.3. The van der Waals surface area contributed by atoms with Crippen LogP contribution < -0.4 is 20.3 Å². The van der Waals surface area contributed by atoms with Crippen LogP contribution in [0.3, 0.4) is 0 Å². The van der Waals surface area contributed by atoms with Crippen molar-refractivity contribution in [3.63, 3.8) is 0 Å². The molecule has 1 aliphatic heterocycles. The normalized spacial score (nSPS) is 20.3. The minimum atomic E-state index is -4.58. The zero-order valence-corrected chi connectivity index (χ0v) is 25.8. The third kappa shape index (κ3) is 7.20. The molecular formula is C32H34F3N5O4S. The minimum absolute atomic E-state index is 0.0910. The highest BCUT2D eigenvalue weighted by Gasteiger charge is 2.63. The summed E-state index contributed by atoms with van der Waals surface area (Å²) in [7, 11) is -3.40. The molecule has 1 spiro atoms. The molecule has 13 heteroatoms. The highest BCUT2D eigenvalue weighted by Crippen LogP contribution is 2.54. The Morgan fingerprint density at radius 1 is 1.13 bits per heavy atom. The van der Waals surface area contributed by atoms with Gasteiger partial charge >= 0.3 is 12.2 Å². The number of urea groups is 1. The maximum absolute atomic E-state index is 13.7. The number of rotatable bonds is 8. The lowest BCUT2D eigenvalue weighted by atomic mass is 9.91. The molecule has 3 aromatic rings. The van der Waals surface area contributed by atoms with Crippen LogP contribution in [0.2, 0.25) is 0 Å². The quantitative estimate of drug-likeness (QED) is 0.281. The highest BCUT2D eigenvalue weighted by atomic mass is 32.2. The molecule has 5 rings (SSSR count). The Kier molecular flexibility index (Phi) is 8.78. The van der Waals surface area contributed by atoms with E-state index in [1.807, 2.05) is 62.4 Å². The number of pyridine rings is 1. The molecule has 2 aromatic carbocycles. The Hall–Kier alpha value is -4.23. The van der Waals surface area contributed by atoms with E-state index in [0.29, 0.717) is 25.1 Å². The molecule has 2 atom stereocenters. The number of anilines is 2. The van der Waals surface area contributed by atoms with Gasteiger partial charge in [-0.1, -0.05) is 30.3 Å². The molecule has 2 fully saturated rings. The summed E-state index contributed by atoms with van der Waals surface area (Å²) in [6.45, 7) is 4.61. The van der Waals surface area contributed by atoms with Gasteiger partial charge < -0.3 is 15.5 Å². The van der Waals surface area contributed by atoms with Crippen LogP contribution in [-0.2, 0) is 27.5 Å². The van der Waals surface area contributed by atoms with Gasteiger partial charge in [-0.3, -0.25) is 4.79 Å². The Bertz CT molecular complexity index is 1740. The summed E-state index contributed by atoms with van der Waals surface area (Å²) in [5.74, 6) is -0.0910. The number of piperidine rings is 1. The molecule has 0 bridgehead atoms. The number of sulfonamides is 1. The molecule has 2 heterocycles. The van der Waals surface area contributed by atoms with Crippen molar-refractivity contribution in [3.05, 3.63) is 83.7 Å². The molecule has 45 heavy (non-hydrogen) atoms. The first-order valence-electron chi connectivity index (χ1n) is 14.4. The molecule has 2 aliphatic rings. The number of benzene rings is 2. The first-order chi connectivity index (χ1) is 21.2. The fourth-order valence-electron chi connectivity index (χ4n) is 5.69. The van der Waals surface area contributed by atoms with Crippen molar-refractivity contribution in [1.82, 2.24) is 15.0 Å². The van der Waals surface area contributed by atoms with Crippen molar-refractivity contribution >= 4 is 38.9 Å². The highest BCUT2D eigenvalue weighted by molar-refractivity contribution is 7.88. The Balaban J connectivity index is 1.28. The van der Waals surface area contributed by atoms with Gasteiger partial charge in [0.25, 0.3) is 0 Å². The van der Waals surface area contributed by atoms with Crippen LogP contribution in [0.25, 0.3) is 16.7 Å². The molecule has 1 saturated heterocycles. The maximum atomic E-state index is 13.7. The number of aromatic nitrogens is 1. The van der Waals surface area contributed by atoms with Gasteiger partial charge in [0, 0.05) is 24.8 Å². The van der Waals surface area contributed by atoms with Crippen LogP contribution in [0.4, 0.5) is 29.3 Å². The van der Waals surface area contributed by atoms with Gasteiger partial charge in [0.05, 0.1) is 23.6 Å². The number of carbonyl (C=O) groups excluding carboxylic acids is 2. The summed E-state index contributed by atoms with van der Waals surface area (Å²) >= 11 is 0. The first kappa shape index (κ1) is 32.2. The van der Waals surface area contributed by atoms with Crippen molar-refractivity contribution in [2.75, 3.05) is 23.0 Å². The van der Waals surface area contributed by atoms with Crippen LogP contribution in [-0.4, -0.2) is 44.2 Å². The lowest BCUT2D eigenvalue weighted by Crippen LogP contribution is -2.46. The van der Waals surface area contributed by atoms with Gasteiger partial charge in [0.1, 0.15) is 5.69 Å². The SMILES string of the molecule is C/C=C(\C)c1ccc(CNS(C)(=O)=O)c(-c2ccc(N3CCCC4(CC4NC(=O)Nc4ccc(C(F)(F)F)nc4)C3=O)cc2)c1. The summed E-state index contributed by atoms with van der Waals surface area (Å²) in [6.07, 6.45) is 1.29. The van der Waals surface area contributed by atoms with Gasteiger partial charge in [-0.05, 0) is 91.3 Å². The first-order valence-corrected chi connectivity index (χ1v) is 16.3. The number of halogens is 3. The molecule has 1 aliphatic carbocycles. The molecule has 1 saturated carbocycles. The molecule has 238 valence electrons. The Labute approximate surface area is 260 Å². The van der Waals surface area contributed by atoms with Gasteiger partial charge in [0.2, 0.25) is 15.9 Å². The topological polar surface area (TPSA) is 120 Å². The molecule has 3 N–H and O–H groups in total. The van der Waals surface area contributed by atoms with Crippen molar-refractivity contribution < 1.29 is 31.2 Å². The Morgan fingerprint density at radius 2 is 1.87 bits per heavy atom. The van der Waals surface area contributed by atoms with Crippen LogP contribution in [0.1, 0.15) is 49.9 Å². The number of alkyl halides is 3. The summed E-state index contributed by atoms with van der Waals surface area (Å²) in [6, 6.07) is 14.3. The van der Waals surface area contributed by atoms with Crippen molar-refractivity contribution in [3.8, 4) is 11.1 Å². The second-order valence-electron chi connectivity index (χ2n) is 11.5.